The van der Waals surface area contributed by atoms with Crippen LogP contribution in [0.2, 0.25) is 0 Å². The fraction of sp³-hybridized carbons (Fsp3) is 0.235. The summed E-state index contributed by atoms with van der Waals surface area (Å²) in [5.41, 5.74) is 2.11. The van der Waals surface area contributed by atoms with Crippen molar-refractivity contribution in [3.8, 4) is 11.3 Å². The molecule has 1 N–H and O–H groups in total. The molecule has 0 fully saturated rings. The second-order valence-electron chi connectivity index (χ2n) is 6.15. The number of hydrogen-bond donors (Lipinski definition) is 1. The topological polar surface area (TPSA) is 104 Å². The number of aromatic nitrogens is 6. The molecule has 0 saturated heterocycles. The van der Waals surface area contributed by atoms with Crippen LogP contribution in [-0.4, -0.2) is 42.0 Å². The normalized spacial score (nSPS) is 11.5. The van der Waals surface area contributed by atoms with Crippen molar-refractivity contribution < 1.29 is 18.1 Å². The number of carbonyl (C=O) groups excluding carboxylic acids is 1. The molecule has 4 aromatic rings. The van der Waals surface area contributed by atoms with Gasteiger partial charge in [0.25, 0.3) is 18.0 Å². The van der Waals surface area contributed by atoms with Gasteiger partial charge in [0, 0.05) is 24.9 Å². The Hall–Kier alpha value is -3.63. The van der Waals surface area contributed by atoms with Crippen LogP contribution in [0.25, 0.3) is 22.4 Å². The standard InChI is InChI=1S/C17H15F2N7O2/c1-9-15-11(16(27)23-14-3-4-20-26(14)8-13(18)19)5-12(22-17(15)28-24-9)10-6-21-25(2)7-10/h3-7,13H,8H2,1-2H3,(H,23,27). The van der Waals surface area contributed by atoms with Gasteiger partial charge < -0.3 is 9.84 Å². The summed E-state index contributed by atoms with van der Waals surface area (Å²) in [7, 11) is 1.76. The van der Waals surface area contributed by atoms with Crippen LogP contribution < -0.4 is 5.32 Å². The molecule has 0 atom stereocenters. The van der Waals surface area contributed by atoms with Gasteiger partial charge in [-0.05, 0) is 13.0 Å². The number of hydrogen-bond acceptors (Lipinski definition) is 6. The number of aryl methyl sites for hydroxylation is 2. The Labute approximate surface area is 156 Å². The molecule has 0 radical (unpaired) electrons. The maximum Gasteiger partial charge on any atom is 0.259 e. The number of anilines is 1. The third kappa shape index (κ3) is 3.21. The number of nitrogens with zero attached hydrogens (tertiary/aromatic N) is 6. The molecule has 11 heteroatoms. The van der Waals surface area contributed by atoms with E-state index in [-0.39, 0.29) is 17.1 Å². The monoisotopic (exact) mass is 387 g/mol. The summed E-state index contributed by atoms with van der Waals surface area (Å²) in [6.45, 7) is 1.07. The Morgan fingerprint density at radius 2 is 2.18 bits per heavy atom. The Morgan fingerprint density at radius 3 is 2.89 bits per heavy atom. The summed E-state index contributed by atoms with van der Waals surface area (Å²) in [6.07, 6.45) is 2.10. The first-order valence-corrected chi connectivity index (χ1v) is 8.29. The summed E-state index contributed by atoms with van der Waals surface area (Å²) in [4.78, 5) is 17.3. The van der Waals surface area contributed by atoms with Crippen molar-refractivity contribution in [1.29, 1.82) is 0 Å². The predicted octanol–water partition coefficient (Wildman–Crippen LogP) is 2.65. The quantitative estimate of drug-likeness (QED) is 0.565. The number of halogens is 2. The van der Waals surface area contributed by atoms with Gasteiger partial charge in [-0.3, -0.25) is 9.48 Å². The van der Waals surface area contributed by atoms with Crippen LogP contribution in [0, 0.1) is 6.92 Å². The van der Waals surface area contributed by atoms with Gasteiger partial charge in [0.05, 0.1) is 34.7 Å². The largest absolute Gasteiger partial charge is 0.335 e. The van der Waals surface area contributed by atoms with Crippen molar-refractivity contribution >= 4 is 22.8 Å². The highest BCUT2D eigenvalue weighted by molar-refractivity contribution is 6.12. The molecule has 9 nitrogen and oxygen atoms in total. The van der Waals surface area contributed by atoms with Crippen molar-refractivity contribution in [2.24, 2.45) is 7.05 Å². The van der Waals surface area contributed by atoms with E-state index in [1.54, 1.807) is 37.1 Å². The zero-order valence-corrected chi connectivity index (χ0v) is 14.9. The van der Waals surface area contributed by atoms with Crippen LogP contribution in [0.4, 0.5) is 14.6 Å². The lowest BCUT2D eigenvalue weighted by Gasteiger charge is -2.10. The molecule has 0 aromatic carbocycles. The van der Waals surface area contributed by atoms with E-state index in [0.29, 0.717) is 22.3 Å². The Balaban J connectivity index is 1.75. The average molecular weight is 387 g/mol. The Morgan fingerprint density at radius 1 is 1.36 bits per heavy atom. The highest BCUT2D eigenvalue weighted by Crippen LogP contribution is 2.27. The van der Waals surface area contributed by atoms with Gasteiger partial charge in [-0.15, -0.1) is 0 Å². The Kier molecular flexibility index (Phi) is 4.34. The summed E-state index contributed by atoms with van der Waals surface area (Å²) >= 11 is 0. The smallest absolute Gasteiger partial charge is 0.259 e. The predicted molar refractivity (Wildman–Crippen MR) is 94.9 cm³/mol. The minimum absolute atomic E-state index is 0.160. The van der Waals surface area contributed by atoms with Crippen molar-refractivity contribution in [2.75, 3.05) is 5.32 Å². The number of pyridine rings is 1. The number of nitrogens with one attached hydrogen (secondary N) is 1. The summed E-state index contributed by atoms with van der Waals surface area (Å²) in [6, 6.07) is 3.04. The van der Waals surface area contributed by atoms with E-state index in [2.05, 4.69) is 25.7 Å². The molecule has 0 aliphatic rings. The van der Waals surface area contributed by atoms with Gasteiger partial charge in [0.2, 0.25) is 0 Å². The van der Waals surface area contributed by atoms with Crippen molar-refractivity contribution in [2.45, 2.75) is 19.9 Å². The van der Waals surface area contributed by atoms with Crippen LogP contribution >= 0.6 is 0 Å². The van der Waals surface area contributed by atoms with E-state index in [4.69, 9.17) is 4.52 Å². The fourth-order valence-corrected chi connectivity index (χ4v) is 2.87. The van der Waals surface area contributed by atoms with Gasteiger partial charge in [-0.1, -0.05) is 5.16 Å². The minimum Gasteiger partial charge on any atom is -0.335 e. The van der Waals surface area contributed by atoms with Crippen LogP contribution in [-0.2, 0) is 13.6 Å². The SMILES string of the molecule is Cc1noc2nc(-c3cnn(C)c3)cc(C(=O)Nc3ccnn3CC(F)F)c12. The number of fused-ring (bicyclic) bond motifs is 1. The summed E-state index contributed by atoms with van der Waals surface area (Å²) in [5.74, 6) is -0.354. The van der Waals surface area contributed by atoms with E-state index >= 15 is 0 Å². The molecule has 4 rings (SSSR count). The Bertz CT molecular complexity index is 1160. The molecule has 1 amide bonds. The molecule has 4 aromatic heterocycles. The van der Waals surface area contributed by atoms with Crippen LogP contribution in [0.5, 0.6) is 0 Å². The van der Waals surface area contributed by atoms with E-state index in [0.717, 1.165) is 4.68 Å². The van der Waals surface area contributed by atoms with Crippen LogP contribution in [0.1, 0.15) is 16.1 Å². The first kappa shape index (κ1) is 17.8. The molecule has 0 unspecified atom stereocenters. The van der Waals surface area contributed by atoms with Gasteiger partial charge in [0.1, 0.15) is 12.4 Å². The molecule has 0 bridgehead atoms. The van der Waals surface area contributed by atoms with Gasteiger partial charge in [0.15, 0.2) is 0 Å². The lowest BCUT2D eigenvalue weighted by molar-refractivity contribution is 0.102. The molecular formula is C17H15F2N7O2. The average Bonchev–Trinajstić information content (AvgIpc) is 3.36. The maximum absolute atomic E-state index is 12.9. The van der Waals surface area contributed by atoms with Crippen LogP contribution in [0.3, 0.4) is 0 Å². The molecule has 0 spiro atoms. The fourth-order valence-electron chi connectivity index (χ4n) is 2.87. The number of carbonyl (C=O) groups is 1. The lowest BCUT2D eigenvalue weighted by atomic mass is 10.1. The second-order valence-corrected chi connectivity index (χ2v) is 6.15. The zero-order valence-electron chi connectivity index (χ0n) is 14.9. The van der Waals surface area contributed by atoms with E-state index in [9.17, 15) is 13.6 Å². The molecule has 4 heterocycles. The molecule has 0 saturated carbocycles. The maximum atomic E-state index is 12.9. The van der Waals surface area contributed by atoms with E-state index in [1.165, 1.54) is 12.3 Å². The number of amides is 1. The lowest BCUT2D eigenvalue weighted by Crippen LogP contribution is -2.18. The van der Waals surface area contributed by atoms with Gasteiger partial charge in [-0.2, -0.15) is 10.2 Å². The molecule has 28 heavy (non-hydrogen) atoms. The van der Waals surface area contributed by atoms with Crippen LogP contribution in [0.15, 0.2) is 35.2 Å². The third-order valence-corrected chi connectivity index (χ3v) is 4.13. The molecule has 144 valence electrons. The van der Waals surface area contributed by atoms with Crippen molar-refractivity contribution in [3.63, 3.8) is 0 Å². The molecule has 0 aliphatic heterocycles. The third-order valence-electron chi connectivity index (χ3n) is 4.13. The van der Waals surface area contributed by atoms with E-state index < -0.39 is 18.9 Å². The number of alkyl halides is 2. The zero-order chi connectivity index (χ0) is 19.8. The van der Waals surface area contributed by atoms with Crippen molar-refractivity contribution in [3.05, 3.63) is 42.0 Å². The van der Waals surface area contributed by atoms with E-state index in [1.807, 2.05) is 0 Å². The first-order valence-electron chi connectivity index (χ1n) is 8.29. The summed E-state index contributed by atoms with van der Waals surface area (Å²) in [5, 5.41) is 14.9. The molecule has 0 aliphatic carbocycles. The first-order chi connectivity index (χ1) is 13.4. The van der Waals surface area contributed by atoms with Gasteiger partial charge in [-0.25, -0.2) is 18.4 Å². The van der Waals surface area contributed by atoms with Crippen molar-refractivity contribution in [1.82, 2.24) is 29.7 Å². The van der Waals surface area contributed by atoms with Gasteiger partial charge >= 0.3 is 0 Å². The molecular weight excluding hydrogens is 372 g/mol. The number of rotatable bonds is 5. The summed E-state index contributed by atoms with van der Waals surface area (Å²) < 4.78 is 33.3. The highest BCUT2D eigenvalue weighted by Gasteiger charge is 2.21. The second kappa shape index (κ2) is 6.83. The highest BCUT2D eigenvalue weighted by atomic mass is 19.3. The minimum atomic E-state index is -2.60.